The lowest BCUT2D eigenvalue weighted by molar-refractivity contribution is -0.142. The van der Waals surface area contributed by atoms with Gasteiger partial charge in [0.05, 0.1) is 18.8 Å². The number of nitrogens with one attached hydrogen (secondary N) is 2. The summed E-state index contributed by atoms with van der Waals surface area (Å²) in [7, 11) is -1.64. The van der Waals surface area contributed by atoms with Gasteiger partial charge in [-0.25, -0.2) is 8.42 Å². The Hall–Kier alpha value is -0.300. The van der Waals surface area contributed by atoms with Crippen LogP contribution in [0.3, 0.4) is 0 Å². The third-order valence-electron chi connectivity index (χ3n) is 2.85. The van der Waals surface area contributed by atoms with Crippen molar-refractivity contribution in [3.63, 3.8) is 0 Å². The maximum atomic E-state index is 12.2. The molecule has 0 aliphatic rings. The van der Waals surface area contributed by atoms with Gasteiger partial charge in [0.1, 0.15) is 9.84 Å². The molecule has 0 aliphatic carbocycles. The van der Waals surface area contributed by atoms with Crippen LogP contribution < -0.4 is 10.6 Å². The number of nitrogens with zero attached hydrogens (tertiary/aromatic N) is 2. The van der Waals surface area contributed by atoms with Crippen LogP contribution in [-0.4, -0.2) is 76.7 Å². The normalized spacial score (nSPS) is 14.2. The summed E-state index contributed by atoms with van der Waals surface area (Å²) in [6, 6.07) is -0.115. The van der Waals surface area contributed by atoms with E-state index in [1.807, 2.05) is 13.8 Å². The van der Waals surface area contributed by atoms with Gasteiger partial charge in [-0.05, 0) is 27.3 Å². The van der Waals surface area contributed by atoms with Gasteiger partial charge in [-0.2, -0.15) is 13.2 Å². The van der Waals surface area contributed by atoms with E-state index in [0.717, 1.165) is 4.90 Å². The number of guanidine groups is 1. The lowest BCUT2D eigenvalue weighted by atomic mass is 10.3. The summed E-state index contributed by atoms with van der Waals surface area (Å²) in [5, 5.41) is 6.03. The highest BCUT2D eigenvalue weighted by Gasteiger charge is 2.28. The molecule has 0 amide bonds. The standard InChI is InChI=1S/C13H27F3N4O2S.HI/c1-5-17-12(19-11(2)6-9-23(4,21)22)18-7-8-20(3)10-13(14,15)16;/h11H,5-10H2,1-4H3,(H2,17,18,19);1H. The first-order chi connectivity index (χ1) is 10.4. The maximum Gasteiger partial charge on any atom is 0.401 e. The molecule has 0 spiro atoms. The Labute approximate surface area is 159 Å². The first kappa shape index (κ1) is 25.9. The smallest absolute Gasteiger partial charge is 0.357 e. The molecule has 0 aromatic carbocycles. The summed E-state index contributed by atoms with van der Waals surface area (Å²) in [5.74, 6) is 0.531. The molecule has 2 N–H and O–H groups in total. The molecular weight excluding hydrogens is 460 g/mol. The molecule has 0 aliphatic heterocycles. The molecular formula is C13H28F3IN4O2S. The highest BCUT2D eigenvalue weighted by Crippen LogP contribution is 2.15. The van der Waals surface area contributed by atoms with E-state index in [2.05, 4.69) is 15.6 Å². The Morgan fingerprint density at radius 2 is 1.92 bits per heavy atom. The van der Waals surface area contributed by atoms with Crippen molar-refractivity contribution in [2.24, 2.45) is 4.99 Å². The van der Waals surface area contributed by atoms with Crippen LogP contribution >= 0.6 is 24.0 Å². The molecule has 0 aromatic heterocycles. The average Bonchev–Trinajstić information content (AvgIpc) is 2.33. The van der Waals surface area contributed by atoms with Crippen LogP contribution in [0, 0.1) is 0 Å². The molecule has 6 nitrogen and oxygen atoms in total. The Morgan fingerprint density at radius 1 is 1.33 bits per heavy atom. The molecule has 0 fully saturated rings. The van der Waals surface area contributed by atoms with Crippen molar-refractivity contribution in [1.29, 1.82) is 0 Å². The van der Waals surface area contributed by atoms with Crippen LogP contribution in [0.15, 0.2) is 4.99 Å². The quantitative estimate of drug-likeness (QED) is 0.292. The first-order valence-corrected chi connectivity index (χ1v) is 9.47. The molecule has 1 unspecified atom stereocenters. The predicted molar refractivity (Wildman–Crippen MR) is 102 cm³/mol. The van der Waals surface area contributed by atoms with E-state index in [0.29, 0.717) is 18.9 Å². The number of halogens is 4. The monoisotopic (exact) mass is 488 g/mol. The summed E-state index contributed by atoms with van der Waals surface area (Å²) < 4.78 is 58.9. The van der Waals surface area contributed by atoms with Crippen molar-refractivity contribution < 1.29 is 21.6 Å². The summed E-state index contributed by atoms with van der Waals surface area (Å²) >= 11 is 0. The fourth-order valence-electron chi connectivity index (χ4n) is 1.73. The van der Waals surface area contributed by atoms with Gasteiger partial charge in [0, 0.05) is 25.4 Å². The SMILES string of the molecule is CCNC(=NCCN(C)CC(F)(F)F)NC(C)CCS(C)(=O)=O.I. The van der Waals surface area contributed by atoms with Gasteiger partial charge in [-0.15, -0.1) is 24.0 Å². The molecule has 11 heteroatoms. The average molecular weight is 488 g/mol. The summed E-state index contributed by atoms with van der Waals surface area (Å²) in [6.07, 6.45) is -2.62. The number of rotatable bonds is 9. The van der Waals surface area contributed by atoms with Crippen LogP contribution in [0.25, 0.3) is 0 Å². The molecule has 0 radical (unpaired) electrons. The molecule has 146 valence electrons. The number of aliphatic imine (C=N–C) groups is 1. The largest absolute Gasteiger partial charge is 0.401 e. The number of hydrogen-bond donors (Lipinski definition) is 2. The summed E-state index contributed by atoms with van der Waals surface area (Å²) in [4.78, 5) is 5.36. The topological polar surface area (TPSA) is 73.8 Å². The molecule has 0 heterocycles. The summed E-state index contributed by atoms with van der Waals surface area (Å²) in [6.45, 7) is 3.71. The second-order valence-electron chi connectivity index (χ2n) is 5.58. The van der Waals surface area contributed by atoms with Crippen molar-refractivity contribution in [2.45, 2.75) is 32.5 Å². The zero-order valence-corrected chi connectivity index (χ0v) is 17.6. The minimum atomic E-state index is -4.22. The Morgan fingerprint density at radius 3 is 2.38 bits per heavy atom. The van der Waals surface area contributed by atoms with Crippen LogP contribution in [0.5, 0.6) is 0 Å². The molecule has 0 aromatic rings. The van der Waals surface area contributed by atoms with E-state index in [4.69, 9.17) is 0 Å². The van der Waals surface area contributed by atoms with Crippen molar-refractivity contribution in [2.75, 3.05) is 45.2 Å². The summed E-state index contributed by atoms with van der Waals surface area (Å²) in [5.41, 5.74) is 0. The highest BCUT2D eigenvalue weighted by atomic mass is 127. The predicted octanol–water partition coefficient (Wildman–Crippen LogP) is 1.48. The fraction of sp³-hybridized carbons (Fsp3) is 0.923. The lowest BCUT2D eigenvalue weighted by Crippen LogP contribution is -2.43. The van der Waals surface area contributed by atoms with Crippen LogP contribution in [0.4, 0.5) is 13.2 Å². The highest BCUT2D eigenvalue weighted by molar-refractivity contribution is 14.0. The number of likely N-dealkylation sites (N-methyl/N-ethyl adjacent to an activating group) is 1. The van der Waals surface area contributed by atoms with Gasteiger partial charge in [0.25, 0.3) is 0 Å². The molecule has 24 heavy (non-hydrogen) atoms. The van der Waals surface area contributed by atoms with E-state index in [1.54, 1.807) is 0 Å². The molecule has 0 bridgehead atoms. The van der Waals surface area contributed by atoms with Gasteiger partial charge >= 0.3 is 6.18 Å². The van der Waals surface area contributed by atoms with E-state index in [9.17, 15) is 21.6 Å². The minimum Gasteiger partial charge on any atom is -0.357 e. The molecule has 0 saturated heterocycles. The second kappa shape index (κ2) is 12.1. The third kappa shape index (κ3) is 16.6. The fourth-order valence-corrected chi connectivity index (χ4v) is 2.52. The van der Waals surface area contributed by atoms with Gasteiger partial charge in [0.2, 0.25) is 0 Å². The van der Waals surface area contributed by atoms with Crippen molar-refractivity contribution >= 4 is 39.8 Å². The zero-order chi connectivity index (χ0) is 18.1. The Balaban J connectivity index is 0. The van der Waals surface area contributed by atoms with Crippen LogP contribution in [0.1, 0.15) is 20.3 Å². The van der Waals surface area contributed by atoms with Gasteiger partial charge in [0.15, 0.2) is 5.96 Å². The van der Waals surface area contributed by atoms with Crippen molar-refractivity contribution in [3.05, 3.63) is 0 Å². The van der Waals surface area contributed by atoms with Gasteiger partial charge in [-0.1, -0.05) is 0 Å². The zero-order valence-electron chi connectivity index (χ0n) is 14.5. The van der Waals surface area contributed by atoms with E-state index < -0.39 is 22.6 Å². The van der Waals surface area contributed by atoms with E-state index in [-0.39, 0.29) is 48.9 Å². The van der Waals surface area contributed by atoms with E-state index >= 15 is 0 Å². The molecule has 0 saturated carbocycles. The lowest BCUT2D eigenvalue weighted by Gasteiger charge is -2.19. The maximum absolute atomic E-state index is 12.2. The Kier molecular flexibility index (Phi) is 13.1. The molecule has 1 atom stereocenters. The number of sulfone groups is 1. The number of hydrogen-bond acceptors (Lipinski definition) is 4. The number of alkyl halides is 3. The van der Waals surface area contributed by atoms with Crippen LogP contribution in [-0.2, 0) is 9.84 Å². The van der Waals surface area contributed by atoms with Crippen molar-refractivity contribution in [3.8, 4) is 0 Å². The third-order valence-corrected chi connectivity index (χ3v) is 3.83. The van der Waals surface area contributed by atoms with Gasteiger partial charge < -0.3 is 10.6 Å². The van der Waals surface area contributed by atoms with Crippen molar-refractivity contribution in [1.82, 2.24) is 15.5 Å². The Bertz CT molecular complexity index is 472. The minimum absolute atomic E-state index is 0. The van der Waals surface area contributed by atoms with Gasteiger partial charge in [-0.3, -0.25) is 9.89 Å². The van der Waals surface area contributed by atoms with Crippen LogP contribution in [0.2, 0.25) is 0 Å². The molecule has 0 rings (SSSR count). The van der Waals surface area contributed by atoms with E-state index in [1.165, 1.54) is 13.3 Å². The second-order valence-corrected chi connectivity index (χ2v) is 7.84. The first-order valence-electron chi connectivity index (χ1n) is 7.41.